The standard InChI is InChI=1S/C10H13NO/c1-12-11-9-5-8-10-6-3-2-4-7-10/h2-4,6-7,9H,5,8H2,1H3/b11-9+. The number of benzene rings is 1. The maximum atomic E-state index is 4.55. The summed E-state index contributed by atoms with van der Waals surface area (Å²) in [5.41, 5.74) is 1.33. The molecule has 12 heavy (non-hydrogen) atoms. The zero-order chi connectivity index (χ0) is 8.65. The Hall–Kier alpha value is -1.31. The molecule has 0 fully saturated rings. The smallest absolute Gasteiger partial charge is 0.106 e. The molecule has 1 rings (SSSR count). The molecule has 0 heterocycles. The SMILES string of the molecule is CO/N=C/CCc1ccccc1. The van der Waals surface area contributed by atoms with Crippen LogP contribution >= 0.6 is 0 Å². The van der Waals surface area contributed by atoms with E-state index in [4.69, 9.17) is 0 Å². The molecule has 0 atom stereocenters. The van der Waals surface area contributed by atoms with Crippen molar-refractivity contribution in [2.45, 2.75) is 12.8 Å². The van der Waals surface area contributed by atoms with Crippen molar-refractivity contribution in [3.05, 3.63) is 35.9 Å². The average molecular weight is 163 g/mol. The molecule has 0 aliphatic carbocycles. The van der Waals surface area contributed by atoms with E-state index in [0.29, 0.717) is 0 Å². The molecule has 0 unspecified atom stereocenters. The molecule has 64 valence electrons. The Morgan fingerprint density at radius 1 is 1.33 bits per heavy atom. The zero-order valence-electron chi connectivity index (χ0n) is 7.23. The van der Waals surface area contributed by atoms with Crippen LogP contribution in [0.3, 0.4) is 0 Å². The molecular weight excluding hydrogens is 150 g/mol. The molecule has 1 aromatic rings. The van der Waals surface area contributed by atoms with E-state index in [2.05, 4.69) is 22.1 Å². The highest BCUT2D eigenvalue weighted by Gasteiger charge is 1.87. The second-order valence-corrected chi connectivity index (χ2v) is 2.49. The first-order chi connectivity index (χ1) is 5.93. The van der Waals surface area contributed by atoms with E-state index >= 15 is 0 Å². The first-order valence-electron chi connectivity index (χ1n) is 4.02. The average Bonchev–Trinajstić information content (AvgIpc) is 2.14. The minimum Gasteiger partial charge on any atom is -0.399 e. The van der Waals surface area contributed by atoms with E-state index in [1.165, 1.54) is 5.56 Å². The molecule has 0 N–H and O–H groups in total. The lowest BCUT2D eigenvalue weighted by atomic mass is 10.1. The third kappa shape index (κ3) is 3.19. The lowest BCUT2D eigenvalue weighted by Crippen LogP contribution is -1.85. The van der Waals surface area contributed by atoms with E-state index in [9.17, 15) is 0 Å². The van der Waals surface area contributed by atoms with Crippen LogP contribution in [-0.4, -0.2) is 13.3 Å². The molecule has 0 saturated heterocycles. The first-order valence-corrected chi connectivity index (χ1v) is 4.02. The maximum Gasteiger partial charge on any atom is 0.106 e. The Balaban J connectivity index is 2.29. The lowest BCUT2D eigenvalue weighted by molar-refractivity contribution is 0.214. The number of rotatable bonds is 4. The largest absolute Gasteiger partial charge is 0.399 e. The zero-order valence-corrected chi connectivity index (χ0v) is 7.23. The Morgan fingerprint density at radius 2 is 2.08 bits per heavy atom. The van der Waals surface area contributed by atoms with Crippen molar-refractivity contribution < 1.29 is 4.84 Å². The van der Waals surface area contributed by atoms with Crippen molar-refractivity contribution in [3.63, 3.8) is 0 Å². The number of oxime groups is 1. The summed E-state index contributed by atoms with van der Waals surface area (Å²) in [5.74, 6) is 0. The topological polar surface area (TPSA) is 21.6 Å². The Kier molecular flexibility index (Phi) is 3.92. The van der Waals surface area contributed by atoms with Crippen molar-refractivity contribution >= 4 is 6.21 Å². The van der Waals surface area contributed by atoms with E-state index in [1.807, 2.05) is 18.2 Å². The highest BCUT2D eigenvalue weighted by atomic mass is 16.6. The van der Waals surface area contributed by atoms with Gasteiger partial charge in [-0.3, -0.25) is 0 Å². The lowest BCUT2D eigenvalue weighted by Gasteiger charge is -1.95. The number of hydrogen-bond donors (Lipinski definition) is 0. The quantitative estimate of drug-likeness (QED) is 0.492. The van der Waals surface area contributed by atoms with Crippen LogP contribution in [0.1, 0.15) is 12.0 Å². The third-order valence-electron chi connectivity index (χ3n) is 1.58. The van der Waals surface area contributed by atoms with Gasteiger partial charge in [-0.05, 0) is 18.4 Å². The fraction of sp³-hybridized carbons (Fsp3) is 0.300. The highest BCUT2D eigenvalue weighted by Crippen LogP contribution is 2.00. The molecule has 0 aliphatic heterocycles. The molecule has 0 bridgehead atoms. The molecule has 1 aromatic carbocycles. The van der Waals surface area contributed by atoms with Crippen LogP contribution in [0.5, 0.6) is 0 Å². The Labute approximate surface area is 72.9 Å². The Bertz CT molecular complexity index is 231. The van der Waals surface area contributed by atoms with Gasteiger partial charge in [0.05, 0.1) is 0 Å². The summed E-state index contributed by atoms with van der Waals surface area (Å²) >= 11 is 0. The minimum atomic E-state index is 0.928. The van der Waals surface area contributed by atoms with Crippen molar-refractivity contribution in [2.75, 3.05) is 7.11 Å². The molecule has 2 heteroatoms. The van der Waals surface area contributed by atoms with Gasteiger partial charge >= 0.3 is 0 Å². The van der Waals surface area contributed by atoms with Crippen LogP contribution in [0.15, 0.2) is 35.5 Å². The molecule has 0 amide bonds. The number of hydrogen-bond acceptors (Lipinski definition) is 2. The second-order valence-electron chi connectivity index (χ2n) is 2.49. The first kappa shape index (κ1) is 8.78. The normalized spacial score (nSPS) is 10.4. The molecular formula is C10H13NO. The molecule has 0 saturated carbocycles. The summed E-state index contributed by atoms with van der Waals surface area (Å²) in [6.45, 7) is 0. The molecule has 0 aliphatic rings. The van der Waals surface area contributed by atoms with Gasteiger partial charge in [0.1, 0.15) is 7.11 Å². The summed E-state index contributed by atoms with van der Waals surface area (Å²) in [7, 11) is 1.55. The maximum absolute atomic E-state index is 4.55. The van der Waals surface area contributed by atoms with Crippen LogP contribution in [0.4, 0.5) is 0 Å². The predicted molar refractivity (Wildman–Crippen MR) is 50.3 cm³/mol. The monoisotopic (exact) mass is 163 g/mol. The van der Waals surface area contributed by atoms with Crippen LogP contribution in [0, 0.1) is 0 Å². The van der Waals surface area contributed by atoms with Crippen LogP contribution in [0.2, 0.25) is 0 Å². The molecule has 2 nitrogen and oxygen atoms in total. The minimum absolute atomic E-state index is 0.928. The summed E-state index contributed by atoms with van der Waals surface area (Å²) < 4.78 is 0. The van der Waals surface area contributed by atoms with Gasteiger partial charge in [-0.25, -0.2) is 0 Å². The molecule has 0 spiro atoms. The van der Waals surface area contributed by atoms with Crippen molar-refractivity contribution in [3.8, 4) is 0 Å². The van der Waals surface area contributed by atoms with Crippen LogP contribution in [-0.2, 0) is 11.3 Å². The summed E-state index contributed by atoms with van der Waals surface area (Å²) in [6, 6.07) is 10.3. The van der Waals surface area contributed by atoms with Crippen molar-refractivity contribution in [1.29, 1.82) is 0 Å². The van der Waals surface area contributed by atoms with Crippen LogP contribution in [0.25, 0.3) is 0 Å². The van der Waals surface area contributed by atoms with E-state index in [0.717, 1.165) is 12.8 Å². The number of nitrogens with zero attached hydrogens (tertiary/aromatic N) is 1. The predicted octanol–water partition coefficient (Wildman–Crippen LogP) is 2.25. The highest BCUT2D eigenvalue weighted by molar-refractivity contribution is 5.56. The van der Waals surface area contributed by atoms with Gasteiger partial charge in [-0.15, -0.1) is 0 Å². The summed E-state index contributed by atoms with van der Waals surface area (Å²) in [6.07, 6.45) is 3.73. The van der Waals surface area contributed by atoms with Gasteiger partial charge < -0.3 is 4.84 Å². The fourth-order valence-corrected chi connectivity index (χ4v) is 1.00. The van der Waals surface area contributed by atoms with Crippen molar-refractivity contribution in [1.82, 2.24) is 0 Å². The summed E-state index contributed by atoms with van der Waals surface area (Å²) in [5, 5.41) is 3.66. The van der Waals surface area contributed by atoms with E-state index < -0.39 is 0 Å². The van der Waals surface area contributed by atoms with Crippen LogP contribution < -0.4 is 0 Å². The number of aryl methyl sites for hydroxylation is 1. The van der Waals surface area contributed by atoms with Gasteiger partial charge in [0.15, 0.2) is 0 Å². The van der Waals surface area contributed by atoms with Gasteiger partial charge in [0.2, 0.25) is 0 Å². The second kappa shape index (κ2) is 5.35. The van der Waals surface area contributed by atoms with E-state index in [1.54, 1.807) is 13.3 Å². The van der Waals surface area contributed by atoms with Gasteiger partial charge in [0, 0.05) is 6.21 Å². The van der Waals surface area contributed by atoms with E-state index in [-0.39, 0.29) is 0 Å². The molecule has 0 aromatic heterocycles. The van der Waals surface area contributed by atoms with Crippen molar-refractivity contribution in [2.24, 2.45) is 5.16 Å². The fourth-order valence-electron chi connectivity index (χ4n) is 1.00. The summed E-state index contributed by atoms with van der Waals surface area (Å²) in [4.78, 5) is 4.55. The molecule has 0 radical (unpaired) electrons. The Morgan fingerprint density at radius 3 is 2.75 bits per heavy atom. The van der Waals surface area contributed by atoms with Gasteiger partial charge in [-0.2, -0.15) is 0 Å². The van der Waals surface area contributed by atoms with Gasteiger partial charge in [-0.1, -0.05) is 35.5 Å². The third-order valence-corrected chi connectivity index (χ3v) is 1.58. The van der Waals surface area contributed by atoms with Gasteiger partial charge in [0.25, 0.3) is 0 Å².